The Hall–Kier alpha value is -2.14. The first kappa shape index (κ1) is 15.7. The number of hydrogen-bond acceptors (Lipinski definition) is 4. The number of amides is 1. The lowest BCUT2D eigenvalue weighted by Crippen LogP contribution is -2.65. The lowest BCUT2D eigenvalue weighted by Gasteiger charge is -2.51. The average Bonchev–Trinajstić information content (AvgIpc) is 2.45. The predicted molar refractivity (Wildman–Crippen MR) is 87.6 cm³/mol. The highest BCUT2D eigenvalue weighted by Gasteiger charge is 2.46. The summed E-state index contributed by atoms with van der Waals surface area (Å²) >= 11 is 0. The second-order valence-electron chi connectivity index (χ2n) is 7.24. The molecule has 1 fully saturated rings. The van der Waals surface area contributed by atoms with Crippen LogP contribution in [0.2, 0.25) is 0 Å². The van der Waals surface area contributed by atoms with Gasteiger partial charge < -0.3 is 14.1 Å². The number of carbonyl (C=O) groups is 1. The van der Waals surface area contributed by atoms with E-state index in [1.165, 1.54) is 0 Å². The maximum atomic E-state index is 13.1. The molecule has 0 bridgehead atoms. The Morgan fingerprint density at radius 3 is 2.35 bits per heavy atom. The minimum Gasteiger partial charge on any atom is -0.417 e. The van der Waals surface area contributed by atoms with Crippen LogP contribution in [-0.4, -0.2) is 35.1 Å². The van der Waals surface area contributed by atoms with Gasteiger partial charge in [-0.15, -0.1) is 0 Å². The molecule has 0 saturated carbocycles. The van der Waals surface area contributed by atoms with Crippen LogP contribution in [0, 0.1) is 0 Å². The van der Waals surface area contributed by atoms with Gasteiger partial charge in [-0.3, -0.25) is 4.79 Å². The first-order chi connectivity index (χ1) is 10.7. The zero-order chi connectivity index (χ0) is 16.8. The second-order valence-corrected chi connectivity index (χ2v) is 7.24. The van der Waals surface area contributed by atoms with E-state index in [2.05, 4.69) is 0 Å². The Morgan fingerprint density at radius 2 is 1.70 bits per heavy atom. The van der Waals surface area contributed by atoms with E-state index in [1.54, 1.807) is 29.2 Å². The molecule has 1 aliphatic rings. The van der Waals surface area contributed by atoms with Gasteiger partial charge in [0.15, 0.2) is 5.76 Å². The molecular weight excluding hydrogens is 294 g/mol. The molecule has 0 radical (unpaired) electrons. The number of carbonyl (C=O) groups excluding carboxylic acids is 1. The lowest BCUT2D eigenvalue weighted by molar-refractivity contribution is -0.105. The highest BCUT2D eigenvalue weighted by atomic mass is 16.5. The van der Waals surface area contributed by atoms with Gasteiger partial charge in [0.05, 0.1) is 29.7 Å². The van der Waals surface area contributed by atoms with Crippen LogP contribution in [0.3, 0.4) is 0 Å². The Labute approximate surface area is 134 Å². The summed E-state index contributed by atoms with van der Waals surface area (Å²) < 4.78 is 10.9. The lowest BCUT2D eigenvalue weighted by atomic mass is 9.91. The molecule has 5 heteroatoms. The van der Waals surface area contributed by atoms with Gasteiger partial charge in [0.1, 0.15) is 0 Å². The molecule has 0 spiro atoms. The van der Waals surface area contributed by atoms with E-state index in [9.17, 15) is 9.59 Å². The third-order valence-corrected chi connectivity index (χ3v) is 4.21. The van der Waals surface area contributed by atoms with Gasteiger partial charge in [0.2, 0.25) is 0 Å². The molecule has 5 nitrogen and oxygen atoms in total. The van der Waals surface area contributed by atoms with Crippen molar-refractivity contribution in [1.29, 1.82) is 0 Å². The monoisotopic (exact) mass is 315 g/mol. The molecular formula is C18H21NO4. The third-order valence-electron chi connectivity index (χ3n) is 4.21. The standard InChI is InChI=1S/C18H21NO4/c1-17(2)10-22-11-18(3,4)19(17)15(20)14-9-12-7-5-6-8-13(12)16(21)23-14/h5-9H,10-11H2,1-4H3. The normalized spacial score (nSPS) is 19.7. The minimum atomic E-state index is -0.490. The third kappa shape index (κ3) is 2.65. The molecule has 1 saturated heterocycles. The van der Waals surface area contributed by atoms with Gasteiger partial charge in [0.25, 0.3) is 5.91 Å². The molecule has 1 aromatic heterocycles. The summed E-state index contributed by atoms with van der Waals surface area (Å²) in [7, 11) is 0. The van der Waals surface area contributed by atoms with Gasteiger partial charge in [0, 0.05) is 0 Å². The summed E-state index contributed by atoms with van der Waals surface area (Å²) in [6, 6.07) is 8.74. The van der Waals surface area contributed by atoms with Crippen LogP contribution < -0.4 is 5.63 Å². The number of morpholine rings is 1. The van der Waals surface area contributed by atoms with Crippen molar-refractivity contribution in [2.24, 2.45) is 0 Å². The van der Waals surface area contributed by atoms with E-state index >= 15 is 0 Å². The molecule has 0 unspecified atom stereocenters. The highest BCUT2D eigenvalue weighted by Crippen LogP contribution is 2.32. The van der Waals surface area contributed by atoms with Crippen molar-refractivity contribution in [3.8, 4) is 0 Å². The molecule has 2 aromatic rings. The summed E-state index contributed by atoms with van der Waals surface area (Å²) in [5, 5.41) is 1.18. The van der Waals surface area contributed by atoms with E-state index in [1.807, 2.05) is 33.8 Å². The number of nitrogens with zero attached hydrogens (tertiary/aromatic N) is 1. The summed E-state index contributed by atoms with van der Waals surface area (Å²) in [4.78, 5) is 27.0. The van der Waals surface area contributed by atoms with Crippen molar-refractivity contribution < 1.29 is 13.9 Å². The van der Waals surface area contributed by atoms with Crippen LogP contribution in [0.5, 0.6) is 0 Å². The number of hydrogen-bond donors (Lipinski definition) is 0. The molecule has 0 atom stereocenters. The Morgan fingerprint density at radius 1 is 1.09 bits per heavy atom. The molecule has 122 valence electrons. The van der Waals surface area contributed by atoms with E-state index < -0.39 is 16.7 Å². The Kier molecular flexibility index (Phi) is 3.56. The smallest absolute Gasteiger partial charge is 0.344 e. The summed E-state index contributed by atoms with van der Waals surface area (Å²) in [5.41, 5.74) is -1.46. The summed E-state index contributed by atoms with van der Waals surface area (Å²) in [6.45, 7) is 8.69. The van der Waals surface area contributed by atoms with Crippen LogP contribution in [0.4, 0.5) is 0 Å². The van der Waals surface area contributed by atoms with Crippen molar-refractivity contribution in [3.63, 3.8) is 0 Å². The fourth-order valence-electron chi connectivity index (χ4n) is 3.40. The summed E-state index contributed by atoms with van der Waals surface area (Å²) in [6.07, 6.45) is 0. The minimum absolute atomic E-state index is 0.0664. The zero-order valence-corrected chi connectivity index (χ0v) is 13.9. The van der Waals surface area contributed by atoms with Gasteiger partial charge in [-0.2, -0.15) is 0 Å². The van der Waals surface area contributed by atoms with Crippen LogP contribution in [0.25, 0.3) is 10.8 Å². The van der Waals surface area contributed by atoms with E-state index in [-0.39, 0.29) is 11.7 Å². The molecule has 1 amide bonds. The largest absolute Gasteiger partial charge is 0.417 e. The van der Waals surface area contributed by atoms with Crippen molar-refractivity contribution >= 4 is 16.7 Å². The van der Waals surface area contributed by atoms with Crippen molar-refractivity contribution in [2.75, 3.05) is 13.2 Å². The van der Waals surface area contributed by atoms with Gasteiger partial charge in [-0.05, 0) is 45.2 Å². The van der Waals surface area contributed by atoms with Gasteiger partial charge in [-0.1, -0.05) is 18.2 Å². The van der Waals surface area contributed by atoms with Crippen LogP contribution in [-0.2, 0) is 4.74 Å². The Bertz CT molecular complexity index is 803. The van der Waals surface area contributed by atoms with Crippen LogP contribution in [0.15, 0.2) is 39.5 Å². The average molecular weight is 315 g/mol. The highest BCUT2D eigenvalue weighted by molar-refractivity contribution is 5.96. The molecule has 0 N–H and O–H groups in total. The van der Waals surface area contributed by atoms with Gasteiger partial charge in [-0.25, -0.2) is 4.79 Å². The molecule has 23 heavy (non-hydrogen) atoms. The van der Waals surface area contributed by atoms with E-state index in [0.717, 1.165) is 0 Å². The van der Waals surface area contributed by atoms with Crippen molar-refractivity contribution in [1.82, 2.24) is 4.90 Å². The SMILES string of the molecule is CC1(C)COCC(C)(C)N1C(=O)c1cc2ccccc2c(=O)o1. The Balaban J connectivity index is 2.10. The maximum Gasteiger partial charge on any atom is 0.344 e. The summed E-state index contributed by atoms with van der Waals surface area (Å²) in [5.74, 6) is -0.220. The predicted octanol–water partition coefficient (Wildman–Crippen LogP) is 2.82. The number of fused-ring (bicyclic) bond motifs is 1. The first-order valence-electron chi connectivity index (χ1n) is 7.68. The fourth-order valence-corrected chi connectivity index (χ4v) is 3.40. The molecule has 0 aliphatic carbocycles. The molecule has 1 aliphatic heterocycles. The quantitative estimate of drug-likeness (QED) is 0.812. The van der Waals surface area contributed by atoms with E-state index in [4.69, 9.17) is 9.15 Å². The fraction of sp³-hybridized carbons (Fsp3) is 0.444. The van der Waals surface area contributed by atoms with Crippen molar-refractivity contribution in [2.45, 2.75) is 38.8 Å². The van der Waals surface area contributed by atoms with Crippen LogP contribution in [0.1, 0.15) is 38.2 Å². The first-order valence-corrected chi connectivity index (χ1v) is 7.68. The van der Waals surface area contributed by atoms with Crippen LogP contribution >= 0.6 is 0 Å². The molecule has 1 aromatic carbocycles. The topological polar surface area (TPSA) is 59.8 Å². The number of benzene rings is 1. The molecule has 2 heterocycles. The number of rotatable bonds is 1. The zero-order valence-electron chi connectivity index (χ0n) is 13.9. The number of ether oxygens (including phenoxy) is 1. The van der Waals surface area contributed by atoms with E-state index in [0.29, 0.717) is 24.0 Å². The van der Waals surface area contributed by atoms with Gasteiger partial charge >= 0.3 is 5.63 Å². The second kappa shape index (κ2) is 5.20. The van der Waals surface area contributed by atoms with Crippen molar-refractivity contribution in [3.05, 3.63) is 46.5 Å². The molecule has 3 rings (SSSR count). The maximum absolute atomic E-state index is 13.1.